The van der Waals surface area contributed by atoms with Crippen LogP contribution in [0.15, 0.2) is 21.5 Å². The third-order valence-electron chi connectivity index (χ3n) is 4.41. The molecule has 0 saturated heterocycles. The highest BCUT2D eigenvalue weighted by molar-refractivity contribution is 7.15. The van der Waals surface area contributed by atoms with Gasteiger partial charge in [-0.25, -0.2) is 0 Å². The van der Waals surface area contributed by atoms with Crippen molar-refractivity contribution in [2.45, 2.75) is 59.9 Å². The minimum Gasteiger partial charge on any atom is -0.339 e. The summed E-state index contributed by atoms with van der Waals surface area (Å²) in [5, 5.41) is 16.1. The van der Waals surface area contributed by atoms with E-state index in [4.69, 9.17) is 4.52 Å². The van der Waals surface area contributed by atoms with Gasteiger partial charge in [0.15, 0.2) is 0 Å². The van der Waals surface area contributed by atoms with Gasteiger partial charge >= 0.3 is 0 Å². The van der Waals surface area contributed by atoms with Crippen LogP contribution < -0.4 is 10.9 Å². The summed E-state index contributed by atoms with van der Waals surface area (Å²) in [4.78, 5) is 29.2. The van der Waals surface area contributed by atoms with Crippen LogP contribution in [0, 0.1) is 12.8 Å². The number of hydrogen-bond donors (Lipinski definition) is 1. The molecule has 0 fully saturated rings. The van der Waals surface area contributed by atoms with Crippen molar-refractivity contribution in [2.75, 3.05) is 5.32 Å². The quantitative estimate of drug-likeness (QED) is 0.582. The number of carbonyl (C=O) groups is 1. The zero-order valence-corrected chi connectivity index (χ0v) is 18.6. The highest BCUT2D eigenvalue weighted by Crippen LogP contribution is 2.19. The molecule has 3 aromatic rings. The molecule has 1 N–H and O–H groups in total. The fourth-order valence-electron chi connectivity index (χ4n) is 3.06. The SMILES string of the molecule is Cc1ccc(-c2noc(CCC(=O)Nc3nnc(CC(C)C)s3)n2)c(=O)n1C(C)C. The van der Waals surface area contributed by atoms with Gasteiger partial charge in [0.2, 0.25) is 22.8 Å². The summed E-state index contributed by atoms with van der Waals surface area (Å²) >= 11 is 1.38. The van der Waals surface area contributed by atoms with Gasteiger partial charge in [0.05, 0.1) is 5.56 Å². The van der Waals surface area contributed by atoms with Gasteiger partial charge in [-0.2, -0.15) is 4.98 Å². The Morgan fingerprint density at radius 1 is 1.23 bits per heavy atom. The summed E-state index contributed by atoms with van der Waals surface area (Å²) in [5.41, 5.74) is 1.08. The first kappa shape index (κ1) is 21.8. The number of pyridine rings is 1. The van der Waals surface area contributed by atoms with Gasteiger partial charge in [-0.05, 0) is 38.8 Å². The first-order chi connectivity index (χ1) is 14.2. The predicted molar refractivity (Wildman–Crippen MR) is 115 cm³/mol. The van der Waals surface area contributed by atoms with E-state index in [2.05, 4.69) is 39.5 Å². The summed E-state index contributed by atoms with van der Waals surface area (Å²) in [6, 6.07) is 3.58. The molecule has 0 aliphatic heterocycles. The third kappa shape index (κ3) is 5.18. The first-order valence-electron chi connectivity index (χ1n) is 9.92. The number of hydrogen-bond acceptors (Lipinski definition) is 8. The minimum absolute atomic E-state index is 0.0222. The minimum atomic E-state index is -0.209. The fourth-order valence-corrected chi connectivity index (χ4v) is 4.03. The van der Waals surface area contributed by atoms with E-state index in [1.54, 1.807) is 10.6 Å². The standard InChI is InChI=1S/C20H26N6O3S/c1-11(2)10-17-23-24-20(30-17)21-15(27)8-9-16-22-18(25-29-16)14-7-6-13(5)26(12(3)4)19(14)28/h6-7,11-12H,8-10H2,1-5H3,(H,21,24,27). The molecule has 0 saturated carbocycles. The van der Waals surface area contributed by atoms with E-state index < -0.39 is 0 Å². The number of carbonyl (C=O) groups excluding carboxylic acids is 1. The summed E-state index contributed by atoms with van der Waals surface area (Å²) < 4.78 is 6.93. The lowest BCUT2D eigenvalue weighted by atomic mass is 10.1. The summed E-state index contributed by atoms with van der Waals surface area (Å²) in [6.45, 7) is 9.99. The molecule has 9 nitrogen and oxygen atoms in total. The number of nitrogens with zero attached hydrogens (tertiary/aromatic N) is 5. The Balaban J connectivity index is 1.62. The van der Waals surface area contributed by atoms with E-state index in [9.17, 15) is 9.59 Å². The van der Waals surface area contributed by atoms with Crippen molar-refractivity contribution in [3.8, 4) is 11.4 Å². The largest absolute Gasteiger partial charge is 0.339 e. The van der Waals surface area contributed by atoms with Crippen LogP contribution in [-0.2, 0) is 17.6 Å². The van der Waals surface area contributed by atoms with Crippen LogP contribution in [0.4, 0.5) is 5.13 Å². The Bertz CT molecular complexity index is 1080. The maximum absolute atomic E-state index is 12.7. The second-order valence-corrected chi connectivity index (χ2v) is 8.88. The highest BCUT2D eigenvalue weighted by atomic mass is 32.1. The average molecular weight is 431 g/mol. The molecule has 1 amide bonds. The van der Waals surface area contributed by atoms with Crippen LogP contribution in [0.1, 0.15) is 56.7 Å². The predicted octanol–water partition coefficient (Wildman–Crippen LogP) is 3.41. The van der Waals surface area contributed by atoms with E-state index in [-0.39, 0.29) is 36.2 Å². The molecule has 0 aromatic carbocycles. The second kappa shape index (κ2) is 9.29. The molecule has 3 rings (SSSR count). The molecule has 0 aliphatic rings. The Kier molecular flexibility index (Phi) is 6.76. The number of aromatic nitrogens is 5. The van der Waals surface area contributed by atoms with Crippen LogP contribution in [0.2, 0.25) is 0 Å². The van der Waals surface area contributed by atoms with E-state index in [0.717, 1.165) is 17.1 Å². The molecular formula is C20H26N6O3S. The topological polar surface area (TPSA) is 116 Å². The summed E-state index contributed by atoms with van der Waals surface area (Å²) in [7, 11) is 0. The van der Waals surface area contributed by atoms with Crippen molar-refractivity contribution >= 4 is 22.4 Å². The monoisotopic (exact) mass is 430 g/mol. The molecule has 0 unspecified atom stereocenters. The van der Waals surface area contributed by atoms with Crippen molar-refractivity contribution in [3.63, 3.8) is 0 Å². The molecule has 0 atom stereocenters. The van der Waals surface area contributed by atoms with Crippen LogP contribution in [0.25, 0.3) is 11.4 Å². The average Bonchev–Trinajstić information content (AvgIpc) is 3.29. The number of anilines is 1. The lowest BCUT2D eigenvalue weighted by molar-refractivity contribution is -0.116. The van der Waals surface area contributed by atoms with Crippen molar-refractivity contribution in [3.05, 3.63) is 39.1 Å². The molecule has 3 aromatic heterocycles. The Labute approximate surface area is 178 Å². The maximum atomic E-state index is 12.7. The third-order valence-corrected chi connectivity index (χ3v) is 5.27. The normalized spacial score (nSPS) is 11.4. The zero-order valence-electron chi connectivity index (χ0n) is 17.8. The number of amides is 1. The second-order valence-electron chi connectivity index (χ2n) is 7.82. The molecule has 30 heavy (non-hydrogen) atoms. The van der Waals surface area contributed by atoms with Gasteiger partial charge in [0.1, 0.15) is 5.01 Å². The molecule has 0 spiro atoms. The van der Waals surface area contributed by atoms with Gasteiger partial charge in [0.25, 0.3) is 5.56 Å². The summed E-state index contributed by atoms with van der Waals surface area (Å²) in [5.74, 6) is 0.798. The maximum Gasteiger partial charge on any atom is 0.262 e. The molecule has 160 valence electrons. The lowest BCUT2D eigenvalue weighted by Crippen LogP contribution is -2.25. The van der Waals surface area contributed by atoms with Gasteiger partial charge in [-0.3, -0.25) is 9.59 Å². The summed E-state index contributed by atoms with van der Waals surface area (Å²) in [6.07, 6.45) is 1.25. The van der Waals surface area contributed by atoms with Crippen LogP contribution in [0.3, 0.4) is 0 Å². The van der Waals surface area contributed by atoms with Gasteiger partial charge in [-0.15, -0.1) is 10.2 Å². The highest BCUT2D eigenvalue weighted by Gasteiger charge is 2.17. The van der Waals surface area contributed by atoms with Gasteiger partial charge in [0, 0.05) is 31.0 Å². The Morgan fingerprint density at radius 2 is 2.00 bits per heavy atom. The van der Waals surface area contributed by atoms with Crippen LogP contribution in [-0.4, -0.2) is 30.8 Å². The number of rotatable bonds is 8. The fraction of sp³-hybridized carbons (Fsp3) is 0.500. The van der Waals surface area contributed by atoms with Crippen molar-refractivity contribution in [1.82, 2.24) is 24.9 Å². The van der Waals surface area contributed by atoms with Crippen molar-refractivity contribution < 1.29 is 9.32 Å². The van der Waals surface area contributed by atoms with Gasteiger partial charge in [-0.1, -0.05) is 30.3 Å². The van der Waals surface area contributed by atoms with Crippen molar-refractivity contribution in [2.24, 2.45) is 5.92 Å². The van der Waals surface area contributed by atoms with Crippen LogP contribution in [0.5, 0.6) is 0 Å². The molecular weight excluding hydrogens is 404 g/mol. The molecule has 0 radical (unpaired) electrons. The molecule has 0 aliphatic carbocycles. The van der Waals surface area contributed by atoms with Gasteiger partial charge < -0.3 is 14.4 Å². The molecule has 10 heteroatoms. The zero-order chi connectivity index (χ0) is 21.8. The Morgan fingerprint density at radius 3 is 2.70 bits per heavy atom. The van der Waals surface area contributed by atoms with Crippen molar-refractivity contribution in [1.29, 1.82) is 0 Å². The van der Waals surface area contributed by atoms with E-state index in [1.165, 1.54) is 11.3 Å². The van der Waals surface area contributed by atoms with Crippen LogP contribution >= 0.6 is 11.3 Å². The lowest BCUT2D eigenvalue weighted by Gasteiger charge is -2.14. The van der Waals surface area contributed by atoms with E-state index >= 15 is 0 Å². The molecule has 3 heterocycles. The van der Waals surface area contributed by atoms with E-state index in [0.29, 0.717) is 22.5 Å². The number of aryl methyl sites for hydroxylation is 2. The molecule has 0 bridgehead atoms. The first-order valence-corrected chi connectivity index (χ1v) is 10.7. The smallest absolute Gasteiger partial charge is 0.262 e. The van der Waals surface area contributed by atoms with E-state index in [1.807, 2.05) is 26.8 Å². The Hall–Kier alpha value is -2.88. The number of nitrogens with one attached hydrogen (secondary N) is 1.